The van der Waals surface area contributed by atoms with Crippen LogP contribution in [-0.2, 0) is 6.54 Å². The highest BCUT2D eigenvalue weighted by Gasteiger charge is 2.16. The van der Waals surface area contributed by atoms with Gasteiger partial charge in [-0.3, -0.25) is 4.79 Å². The quantitative estimate of drug-likeness (QED) is 0.602. The summed E-state index contributed by atoms with van der Waals surface area (Å²) in [6.07, 6.45) is 0. The number of anilines is 1. The van der Waals surface area contributed by atoms with Crippen LogP contribution in [0, 0.1) is 3.57 Å². The summed E-state index contributed by atoms with van der Waals surface area (Å²) < 4.78 is 0.932. The highest BCUT2D eigenvalue weighted by atomic mass is 127. The van der Waals surface area contributed by atoms with Crippen LogP contribution in [0.25, 0.3) is 0 Å². The molecule has 0 atom stereocenters. The number of halogens is 2. The Kier molecular flexibility index (Phi) is 5.47. The molecule has 2 aromatic rings. The molecule has 2 N–H and O–H groups in total. The van der Waals surface area contributed by atoms with E-state index >= 15 is 0 Å². The second kappa shape index (κ2) is 7.13. The van der Waals surface area contributed by atoms with E-state index in [1.165, 1.54) is 0 Å². The van der Waals surface area contributed by atoms with E-state index in [9.17, 15) is 4.79 Å². The Hall–Kier alpha value is -1.27. The van der Waals surface area contributed by atoms with E-state index < -0.39 is 0 Å². The van der Waals surface area contributed by atoms with Crippen molar-refractivity contribution in [3.05, 3.63) is 62.2 Å². The van der Waals surface area contributed by atoms with Gasteiger partial charge in [0.25, 0.3) is 5.91 Å². The molecule has 3 nitrogen and oxygen atoms in total. The van der Waals surface area contributed by atoms with Crippen LogP contribution >= 0.6 is 34.2 Å². The fraction of sp³-hybridized carbons (Fsp3) is 0.188. The second-order valence-electron chi connectivity index (χ2n) is 4.65. The summed E-state index contributed by atoms with van der Waals surface area (Å²) in [5.74, 6) is -0.0425. The molecule has 2 rings (SSSR count). The van der Waals surface area contributed by atoms with Gasteiger partial charge in [-0.15, -0.1) is 0 Å². The molecule has 21 heavy (non-hydrogen) atoms. The maximum atomic E-state index is 12.6. The van der Waals surface area contributed by atoms with Crippen molar-refractivity contribution in [2.24, 2.45) is 0 Å². The molecule has 0 aromatic heterocycles. The van der Waals surface area contributed by atoms with Crippen LogP contribution in [0.4, 0.5) is 5.69 Å². The summed E-state index contributed by atoms with van der Waals surface area (Å²) >= 11 is 8.23. The summed E-state index contributed by atoms with van der Waals surface area (Å²) in [4.78, 5) is 14.3. The lowest BCUT2D eigenvalue weighted by atomic mass is 10.1. The molecular formula is C16H16ClIN2O. The minimum atomic E-state index is -0.0425. The van der Waals surface area contributed by atoms with Crippen molar-refractivity contribution in [1.29, 1.82) is 0 Å². The Bertz CT molecular complexity index is 660. The molecule has 0 aliphatic carbocycles. The summed E-state index contributed by atoms with van der Waals surface area (Å²) in [6.45, 7) is 3.05. The molecule has 0 saturated heterocycles. The van der Waals surface area contributed by atoms with E-state index in [2.05, 4.69) is 22.6 Å². The average molecular weight is 415 g/mol. The normalized spacial score (nSPS) is 10.4. The molecular weight excluding hydrogens is 399 g/mol. The van der Waals surface area contributed by atoms with E-state index in [0.717, 1.165) is 9.13 Å². The fourth-order valence-electron chi connectivity index (χ4n) is 2.02. The van der Waals surface area contributed by atoms with E-state index in [4.69, 9.17) is 17.3 Å². The Morgan fingerprint density at radius 1 is 1.29 bits per heavy atom. The number of amides is 1. The predicted molar refractivity (Wildman–Crippen MR) is 95.4 cm³/mol. The molecule has 0 unspecified atom stereocenters. The van der Waals surface area contributed by atoms with Crippen LogP contribution in [0.2, 0.25) is 5.02 Å². The number of hydrogen-bond donors (Lipinski definition) is 1. The van der Waals surface area contributed by atoms with Gasteiger partial charge in [0.15, 0.2) is 0 Å². The Morgan fingerprint density at radius 2 is 2.00 bits per heavy atom. The molecule has 0 heterocycles. The molecule has 110 valence electrons. The smallest absolute Gasteiger partial charge is 0.254 e. The first-order valence-corrected chi connectivity index (χ1v) is 8.06. The van der Waals surface area contributed by atoms with E-state index in [1.54, 1.807) is 17.0 Å². The minimum absolute atomic E-state index is 0.0425. The largest absolute Gasteiger partial charge is 0.398 e. The zero-order valence-corrected chi connectivity index (χ0v) is 14.6. The molecule has 0 saturated carbocycles. The van der Waals surface area contributed by atoms with Crippen molar-refractivity contribution in [3.63, 3.8) is 0 Å². The third-order valence-corrected chi connectivity index (χ3v) is 4.82. The van der Waals surface area contributed by atoms with Crippen molar-refractivity contribution in [2.45, 2.75) is 13.5 Å². The Labute approximate surface area is 143 Å². The van der Waals surface area contributed by atoms with Gasteiger partial charge in [0.1, 0.15) is 0 Å². The monoisotopic (exact) mass is 414 g/mol. The molecule has 1 amide bonds. The van der Waals surface area contributed by atoms with Gasteiger partial charge in [0, 0.05) is 27.9 Å². The molecule has 0 spiro atoms. The third kappa shape index (κ3) is 3.89. The highest BCUT2D eigenvalue weighted by Crippen LogP contribution is 2.21. The van der Waals surface area contributed by atoms with Crippen LogP contribution in [0.3, 0.4) is 0 Å². The number of benzene rings is 2. The topological polar surface area (TPSA) is 46.3 Å². The average Bonchev–Trinajstić information content (AvgIpc) is 2.48. The van der Waals surface area contributed by atoms with Crippen molar-refractivity contribution < 1.29 is 4.79 Å². The standard InChI is InChI=1S/C16H16ClIN2O/c1-2-20(10-12-5-3-4-6-15(12)19)16(21)11-7-8-14(18)13(17)9-11/h3-9H,2,10,19H2,1H3. The van der Waals surface area contributed by atoms with Crippen molar-refractivity contribution in [2.75, 3.05) is 12.3 Å². The zero-order chi connectivity index (χ0) is 15.4. The van der Waals surface area contributed by atoms with Crippen LogP contribution in [0.5, 0.6) is 0 Å². The Morgan fingerprint density at radius 3 is 2.62 bits per heavy atom. The SMILES string of the molecule is CCN(Cc1ccccc1N)C(=O)c1ccc(I)c(Cl)c1. The van der Waals surface area contributed by atoms with Gasteiger partial charge in [-0.25, -0.2) is 0 Å². The molecule has 0 aliphatic rings. The maximum Gasteiger partial charge on any atom is 0.254 e. The molecule has 0 fully saturated rings. The molecule has 0 aliphatic heterocycles. The predicted octanol–water partition coefficient (Wildman–Crippen LogP) is 4.19. The first-order valence-electron chi connectivity index (χ1n) is 6.60. The first-order chi connectivity index (χ1) is 10.0. The van der Waals surface area contributed by atoms with Gasteiger partial charge >= 0.3 is 0 Å². The zero-order valence-electron chi connectivity index (χ0n) is 11.6. The number of nitrogens with zero attached hydrogens (tertiary/aromatic N) is 1. The lowest BCUT2D eigenvalue weighted by Gasteiger charge is -2.22. The van der Waals surface area contributed by atoms with Gasteiger partial charge in [-0.05, 0) is 59.3 Å². The second-order valence-corrected chi connectivity index (χ2v) is 6.22. The molecule has 0 bridgehead atoms. The van der Waals surface area contributed by atoms with Crippen LogP contribution in [0.15, 0.2) is 42.5 Å². The van der Waals surface area contributed by atoms with Gasteiger partial charge < -0.3 is 10.6 Å². The van der Waals surface area contributed by atoms with Gasteiger partial charge in [0.2, 0.25) is 0 Å². The van der Waals surface area contributed by atoms with E-state index in [-0.39, 0.29) is 5.91 Å². The maximum absolute atomic E-state index is 12.6. The highest BCUT2D eigenvalue weighted by molar-refractivity contribution is 14.1. The number of nitrogen functional groups attached to an aromatic ring is 1. The molecule has 0 radical (unpaired) electrons. The minimum Gasteiger partial charge on any atom is -0.398 e. The van der Waals surface area contributed by atoms with Gasteiger partial charge in [-0.1, -0.05) is 29.8 Å². The van der Waals surface area contributed by atoms with Crippen LogP contribution in [0.1, 0.15) is 22.8 Å². The molecule has 5 heteroatoms. The lowest BCUT2D eigenvalue weighted by molar-refractivity contribution is 0.0753. The molecule has 2 aromatic carbocycles. The van der Waals surface area contributed by atoms with E-state index in [0.29, 0.717) is 29.4 Å². The summed E-state index contributed by atoms with van der Waals surface area (Å²) in [5.41, 5.74) is 8.19. The number of rotatable bonds is 4. The number of hydrogen-bond acceptors (Lipinski definition) is 2. The van der Waals surface area contributed by atoms with E-state index in [1.807, 2.05) is 37.3 Å². The summed E-state index contributed by atoms with van der Waals surface area (Å²) in [6, 6.07) is 12.9. The fourth-order valence-corrected chi connectivity index (χ4v) is 2.54. The summed E-state index contributed by atoms with van der Waals surface area (Å²) in [5, 5.41) is 0.594. The van der Waals surface area contributed by atoms with Crippen LogP contribution in [-0.4, -0.2) is 17.4 Å². The van der Waals surface area contributed by atoms with Crippen molar-refractivity contribution >= 4 is 45.8 Å². The number of carbonyl (C=O) groups is 1. The van der Waals surface area contributed by atoms with Crippen molar-refractivity contribution in [1.82, 2.24) is 4.90 Å². The first kappa shape index (κ1) is 16.1. The third-order valence-electron chi connectivity index (χ3n) is 3.25. The number of nitrogens with two attached hydrogens (primary N) is 1. The number of carbonyl (C=O) groups excluding carboxylic acids is 1. The summed E-state index contributed by atoms with van der Waals surface area (Å²) in [7, 11) is 0. The van der Waals surface area contributed by atoms with Gasteiger partial charge in [0.05, 0.1) is 5.02 Å². The van der Waals surface area contributed by atoms with Gasteiger partial charge in [-0.2, -0.15) is 0 Å². The lowest BCUT2D eigenvalue weighted by Crippen LogP contribution is -2.30. The van der Waals surface area contributed by atoms with Crippen LogP contribution < -0.4 is 5.73 Å². The van der Waals surface area contributed by atoms with Crippen molar-refractivity contribution in [3.8, 4) is 0 Å². The number of para-hydroxylation sites is 1. The Balaban J connectivity index is 2.22.